The van der Waals surface area contributed by atoms with Crippen LogP contribution in [0.2, 0.25) is 0 Å². The second kappa shape index (κ2) is 8.74. The highest BCUT2D eigenvalue weighted by atomic mass is 16.5. The Balaban J connectivity index is 1.39. The van der Waals surface area contributed by atoms with Gasteiger partial charge in [0.25, 0.3) is 0 Å². The lowest BCUT2D eigenvalue weighted by Crippen LogP contribution is -2.39. The van der Waals surface area contributed by atoms with E-state index in [1.165, 1.54) is 37.2 Å². The minimum atomic E-state index is 0.310. The Morgan fingerprint density at radius 2 is 1.85 bits per heavy atom. The molecule has 0 bridgehead atoms. The van der Waals surface area contributed by atoms with Crippen molar-refractivity contribution in [1.29, 1.82) is 0 Å². The van der Waals surface area contributed by atoms with Crippen LogP contribution in [0.25, 0.3) is 0 Å². The number of imidazole rings is 1. The third-order valence-electron chi connectivity index (χ3n) is 6.54. The third-order valence-corrected chi connectivity index (χ3v) is 6.54. The number of rotatable bonds is 4. The highest BCUT2D eigenvalue weighted by Gasteiger charge is 2.32. The van der Waals surface area contributed by atoms with Crippen molar-refractivity contribution < 1.29 is 9.53 Å². The normalized spacial score (nSPS) is 25.7. The van der Waals surface area contributed by atoms with Gasteiger partial charge in [0.1, 0.15) is 5.82 Å². The van der Waals surface area contributed by atoms with Crippen molar-refractivity contribution in [2.24, 2.45) is 0 Å². The molecule has 0 saturated carbocycles. The van der Waals surface area contributed by atoms with Crippen LogP contribution in [0, 0.1) is 6.92 Å². The molecule has 1 atom stereocenters. The van der Waals surface area contributed by atoms with Gasteiger partial charge in [-0.3, -0.25) is 9.69 Å². The van der Waals surface area contributed by atoms with E-state index < -0.39 is 0 Å². The number of aromatic nitrogens is 2. The van der Waals surface area contributed by atoms with E-state index in [2.05, 4.69) is 21.3 Å². The molecule has 0 aromatic carbocycles. The Morgan fingerprint density at radius 3 is 2.59 bits per heavy atom. The largest absolute Gasteiger partial charge is 0.381 e. The Hall–Kier alpha value is -1.40. The molecule has 1 aromatic heterocycles. The Bertz CT molecular complexity index is 630. The lowest BCUT2D eigenvalue weighted by molar-refractivity contribution is -0.131. The van der Waals surface area contributed by atoms with E-state index in [9.17, 15) is 4.79 Å². The number of ether oxygens (including phenoxy) is 1. The quantitative estimate of drug-likeness (QED) is 0.813. The summed E-state index contributed by atoms with van der Waals surface area (Å²) in [4.78, 5) is 22.1. The van der Waals surface area contributed by atoms with E-state index in [0.717, 1.165) is 58.7 Å². The SMILES string of the molecule is Cc1cnc(C2CCOCC2)n1C1CCN(C(=O)CN2CCCCCC2)C1. The number of nitrogens with zero attached hydrogens (tertiary/aromatic N) is 4. The lowest BCUT2D eigenvalue weighted by Gasteiger charge is -2.26. The second-order valence-corrected chi connectivity index (χ2v) is 8.49. The number of aryl methyl sites for hydroxylation is 1. The van der Waals surface area contributed by atoms with Gasteiger partial charge in [-0.05, 0) is 52.1 Å². The molecule has 27 heavy (non-hydrogen) atoms. The number of carbonyl (C=O) groups is 1. The average Bonchev–Trinajstić information content (AvgIpc) is 3.23. The molecule has 0 radical (unpaired) electrons. The molecular formula is C21H34N4O2. The molecule has 3 saturated heterocycles. The summed E-state index contributed by atoms with van der Waals surface area (Å²) in [5.74, 6) is 2.02. The Morgan fingerprint density at radius 1 is 1.11 bits per heavy atom. The fraction of sp³-hybridized carbons (Fsp3) is 0.810. The zero-order chi connectivity index (χ0) is 18.6. The van der Waals surface area contributed by atoms with E-state index >= 15 is 0 Å². The number of likely N-dealkylation sites (tertiary alicyclic amines) is 2. The molecule has 6 nitrogen and oxygen atoms in total. The first-order valence-corrected chi connectivity index (χ1v) is 10.8. The molecule has 0 spiro atoms. The number of hydrogen-bond donors (Lipinski definition) is 0. The van der Waals surface area contributed by atoms with Crippen molar-refractivity contribution >= 4 is 5.91 Å². The summed E-state index contributed by atoms with van der Waals surface area (Å²) < 4.78 is 7.95. The molecule has 1 unspecified atom stereocenters. The summed E-state index contributed by atoms with van der Waals surface area (Å²) in [5.41, 5.74) is 1.23. The van der Waals surface area contributed by atoms with E-state index in [0.29, 0.717) is 24.4 Å². The Labute approximate surface area is 162 Å². The Kier molecular flexibility index (Phi) is 6.13. The van der Waals surface area contributed by atoms with Crippen LogP contribution in [0.4, 0.5) is 0 Å². The molecule has 150 valence electrons. The predicted molar refractivity (Wildman–Crippen MR) is 105 cm³/mol. The van der Waals surface area contributed by atoms with E-state index in [4.69, 9.17) is 9.72 Å². The van der Waals surface area contributed by atoms with Gasteiger partial charge in [-0.15, -0.1) is 0 Å². The van der Waals surface area contributed by atoms with Crippen LogP contribution in [0.5, 0.6) is 0 Å². The first kappa shape index (κ1) is 18.9. The minimum Gasteiger partial charge on any atom is -0.381 e. The van der Waals surface area contributed by atoms with Crippen LogP contribution in [0.1, 0.15) is 68.4 Å². The zero-order valence-corrected chi connectivity index (χ0v) is 16.7. The average molecular weight is 375 g/mol. The van der Waals surface area contributed by atoms with Crippen LogP contribution < -0.4 is 0 Å². The molecule has 3 aliphatic heterocycles. The third kappa shape index (κ3) is 4.37. The standard InChI is InChI=1S/C21H34N4O2/c1-17-14-22-21(18-7-12-27-13-8-18)25(17)19-6-11-24(15-19)20(26)16-23-9-4-2-3-5-10-23/h14,18-19H,2-13,15-16H2,1H3. The fourth-order valence-corrected chi connectivity index (χ4v) is 4.96. The van der Waals surface area contributed by atoms with Crippen molar-refractivity contribution in [3.8, 4) is 0 Å². The smallest absolute Gasteiger partial charge is 0.236 e. The highest BCUT2D eigenvalue weighted by Crippen LogP contribution is 2.32. The molecular weight excluding hydrogens is 340 g/mol. The summed E-state index contributed by atoms with van der Waals surface area (Å²) in [6.45, 7) is 8.29. The summed E-state index contributed by atoms with van der Waals surface area (Å²) in [6.07, 6.45) is 10.3. The van der Waals surface area contributed by atoms with Crippen molar-refractivity contribution in [3.63, 3.8) is 0 Å². The van der Waals surface area contributed by atoms with Gasteiger partial charge in [-0.2, -0.15) is 0 Å². The highest BCUT2D eigenvalue weighted by molar-refractivity contribution is 5.78. The predicted octanol–water partition coefficient (Wildman–Crippen LogP) is 2.73. The van der Waals surface area contributed by atoms with Crippen LogP contribution in [-0.2, 0) is 9.53 Å². The van der Waals surface area contributed by atoms with Crippen LogP contribution in [0.15, 0.2) is 6.20 Å². The van der Waals surface area contributed by atoms with Crippen molar-refractivity contribution in [2.45, 2.75) is 63.8 Å². The molecule has 3 fully saturated rings. The van der Waals surface area contributed by atoms with Gasteiger partial charge >= 0.3 is 0 Å². The topological polar surface area (TPSA) is 50.6 Å². The monoisotopic (exact) mass is 374 g/mol. The molecule has 1 aromatic rings. The summed E-state index contributed by atoms with van der Waals surface area (Å²) in [5, 5.41) is 0. The summed E-state index contributed by atoms with van der Waals surface area (Å²) in [7, 11) is 0. The molecule has 0 aliphatic carbocycles. The van der Waals surface area contributed by atoms with E-state index in [-0.39, 0.29) is 0 Å². The molecule has 4 rings (SSSR count). The second-order valence-electron chi connectivity index (χ2n) is 8.49. The van der Waals surface area contributed by atoms with Gasteiger partial charge in [0, 0.05) is 44.1 Å². The first-order chi connectivity index (χ1) is 13.2. The van der Waals surface area contributed by atoms with Crippen molar-refractivity contribution in [2.75, 3.05) is 45.9 Å². The van der Waals surface area contributed by atoms with Crippen molar-refractivity contribution in [3.05, 3.63) is 17.7 Å². The summed E-state index contributed by atoms with van der Waals surface area (Å²) >= 11 is 0. The van der Waals surface area contributed by atoms with Crippen LogP contribution >= 0.6 is 0 Å². The fourth-order valence-electron chi connectivity index (χ4n) is 4.96. The van der Waals surface area contributed by atoms with E-state index in [1.807, 2.05) is 6.20 Å². The maximum Gasteiger partial charge on any atom is 0.236 e. The zero-order valence-electron chi connectivity index (χ0n) is 16.7. The first-order valence-electron chi connectivity index (χ1n) is 10.8. The molecule has 1 amide bonds. The number of amides is 1. The van der Waals surface area contributed by atoms with Crippen LogP contribution in [-0.4, -0.2) is 71.2 Å². The van der Waals surface area contributed by atoms with Gasteiger partial charge in [0.2, 0.25) is 5.91 Å². The van der Waals surface area contributed by atoms with E-state index in [1.54, 1.807) is 0 Å². The molecule has 6 heteroatoms. The summed E-state index contributed by atoms with van der Waals surface area (Å²) in [6, 6.07) is 0.374. The maximum absolute atomic E-state index is 12.9. The molecule has 4 heterocycles. The van der Waals surface area contributed by atoms with Gasteiger partial charge in [-0.1, -0.05) is 12.8 Å². The number of carbonyl (C=O) groups excluding carboxylic acids is 1. The number of hydrogen-bond acceptors (Lipinski definition) is 4. The minimum absolute atomic E-state index is 0.310. The van der Waals surface area contributed by atoms with Gasteiger partial charge in [-0.25, -0.2) is 4.98 Å². The lowest BCUT2D eigenvalue weighted by atomic mass is 9.99. The molecule has 0 N–H and O–H groups in total. The molecule has 3 aliphatic rings. The van der Waals surface area contributed by atoms with Gasteiger partial charge < -0.3 is 14.2 Å². The van der Waals surface area contributed by atoms with Crippen LogP contribution in [0.3, 0.4) is 0 Å². The maximum atomic E-state index is 12.9. The van der Waals surface area contributed by atoms with Gasteiger partial charge in [0.05, 0.1) is 12.6 Å². The van der Waals surface area contributed by atoms with Crippen molar-refractivity contribution in [1.82, 2.24) is 19.4 Å². The van der Waals surface area contributed by atoms with Gasteiger partial charge in [0.15, 0.2) is 0 Å².